The minimum atomic E-state index is -3.66. The Bertz CT molecular complexity index is 678. The number of amides is 1. The van der Waals surface area contributed by atoms with Crippen molar-refractivity contribution in [1.29, 1.82) is 0 Å². The van der Waals surface area contributed by atoms with Crippen LogP contribution in [-0.4, -0.2) is 31.3 Å². The Morgan fingerprint density at radius 1 is 1.30 bits per heavy atom. The average molecular weight is 294 g/mol. The van der Waals surface area contributed by atoms with Crippen LogP contribution in [0.1, 0.15) is 5.56 Å². The smallest absolute Gasteiger partial charge is 0.278 e. The number of benzene rings is 1. The van der Waals surface area contributed by atoms with Gasteiger partial charge in [-0.3, -0.25) is 9.52 Å². The summed E-state index contributed by atoms with van der Waals surface area (Å²) in [5, 5.41) is 2.52. The van der Waals surface area contributed by atoms with E-state index in [-0.39, 0.29) is 17.4 Å². The number of sulfonamides is 1. The van der Waals surface area contributed by atoms with Crippen LogP contribution in [0.4, 0.5) is 5.69 Å². The molecule has 0 saturated heterocycles. The Labute approximate surface area is 116 Å². The van der Waals surface area contributed by atoms with E-state index in [1.54, 1.807) is 31.3 Å². The first-order valence-corrected chi connectivity index (χ1v) is 7.30. The lowest BCUT2D eigenvalue weighted by atomic mass is 10.1. The van der Waals surface area contributed by atoms with Crippen molar-refractivity contribution in [2.75, 3.05) is 11.8 Å². The van der Waals surface area contributed by atoms with E-state index < -0.39 is 10.0 Å². The summed E-state index contributed by atoms with van der Waals surface area (Å²) in [6.45, 7) is 0. The fourth-order valence-corrected chi connectivity index (χ4v) is 2.53. The summed E-state index contributed by atoms with van der Waals surface area (Å²) >= 11 is 0. The molecule has 1 aromatic carbocycles. The van der Waals surface area contributed by atoms with E-state index in [0.717, 1.165) is 5.56 Å². The summed E-state index contributed by atoms with van der Waals surface area (Å²) in [6, 6.07) is 6.60. The fourth-order valence-electron chi connectivity index (χ4n) is 1.56. The number of imidazole rings is 1. The van der Waals surface area contributed by atoms with Crippen LogP contribution in [0.25, 0.3) is 0 Å². The zero-order valence-electron chi connectivity index (χ0n) is 10.8. The first-order chi connectivity index (χ1) is 9.51. The quantitative estimate of drug-likeness (QED) is 0.747. The zero-order chi connectivity index (χ0) is 14.6. The highest BCUT2D eigenvalue weighted by Gasteiger charge is 2.15. The number of nitrogens with zero attached hydrogens (tertiary/aromatic N) is 1. The van der Waals surface area contributed by atoms with Gasteiger partial charge in [0, 0.05) is 12.7 Å². The molecule has 1 amide bonds. The van der Waals surface area contributed by atoms with E-state index in [2.05, 4.69) is 20.0 Å². The lowest BCUT2D eigenvalue weighted by Crippen LogP contribution is -2.19. The van der Waals surface area contributed by atoms with Crippen LogP contribution in [0.15, 0.2) is 41.8 Å². The lowest BCUT2D eigenvalue weighted by molar-refractivity contribution is -0.119. The molecule has 0 radical (unpaired) electrons. The number of carbonyl (C=O) groups is 1. The summed E-state index contributed by atoms with van der Waals surface area (Å²) in [5.74, 6) is -0.101. The molecule has 3 N–H and O–H groups in total. The van der Waals surface area contributed by atoms with Crippen molar-refractivity contribution >= 4 is 21.6 Å². The predicted octanol–water partition coefficient (Wildman–Crippen LogP) is 0.499. The van der Waals surface area contributed by atoms with Crippen molar-refractivity contribution < 1.29 is 13.2 Å². The van der Waals surface area contributed by atoms with Gasteiger partial charge >= 0.3 is 0 Å². The third-order valence-electron chi connectivity index (χ3n) is 2.61. The van der Waals surface area contributed by atoms with Gasteiger partial charge in [-0.1, -0.05) is 12.1 Å². The van der Waals surface area contributed by atoms with E-state index >= 15 is 0 Å². The first-order valence-electron chi connectivity index (χ1n) is 5.82. The van der Waals surface area contributed by atoms with Crippen molar-refractivity contribution in [3.05, 3.63) is 42.4 Å². The molecular weight excluding hydrogens is 280 g/mol. The number of H-pyrrole nitrogens is 1. The minimum absolute atomic E-state index is 0.00747. The molecule has 8 heteroatoms. The van der Waals surface area contributed by atoms with Crippen LogP contribution >= 0.6 is 0 Å². The van der Waals surface area contributed by atoms with Crippen LogP contribution in [0, 0.1) is 0 Å². The lowest BCUT2D eigenvalue weighted by Gasteiger charge is -2.07. The second-order valence-electron chi connectivity index (χ2n) is 4.07. The number of aromatic nitrogens is 2. The molecule has 2 rings (SSSR count). The van der Waals surface area contributed by atoms with Crippen LogP contribution in [0.5, 0.6) is 0 Å². The van der Waals surface area contributed by atoms with Gasteiger partial charge in [0.15, 0.2) is 5.03 Å². The SMILES string of the molecule is CNC(=O)Cc1ccc(NS(=O)(=O)c2cnc[nH]2)cc1. The highest BCUT2D eigenvalue weighted by Crippen LogP contribution is 2.15. The van der Waals surface area contributed by atoms with Crippen LogP contribution in [0.3, 0.4) is 0 Å². The molecule has 2 aromatic rings. The Hall–Kier alpha value is -2.35. The van der Waals surface area contributed by atoms with Gasteiger partial charge in [-0.05, 0) is 17.7 Å². The molecule has 1 heterocycles. The van der Waals surface area contributed by atoms with E-state index in [0.29, 0.717) is 5.69 Å². The van der Waals surface area contributed by atoms with Crippen molar-refractivity contribution in [2.45, 2.75) is 11.4 Å². The number of likely N-dealkylation sites (N-methyl/N-ethyl adjacent to an activating group) is 1. The molecule has 0 atom stereocenters. The summed E-state index contributed by atoms with van der Waals surface area (Å²) in [5.41, 5.74) is 1.22. The molecule has 0 saturated carbocycles. The molecule has 1 aromatic heterocycles. The van der Waals surface area contributed by atoms with E-state index in [1.165, 1.54) is 12.5 Å². The van der Waals surface area contributed by atoms with Crippen LogP contribution in [0.2, 0.25) is 0 Å². The van der Waals surface area contributed by atoms with Crippen molar-refractivity contribution in [1.82, 2.24) is 15.3 Å². The number of aromatic amines is 1. The molecular formula is C12H14N4O3S. The standard InChI is InChI=1S/C12H14N4O3S/c1-13-11(17)6-9-2-4-10(5-3-9)16-20(18,19)12-7-14-8-15-12/h2-5,7-8,16H,6H2,1H3,(H,13,17)(H,14,15). The Morgan fingerprint density at radius 3 is 2.55 bits per heavy atom. The summed E-state index contributed by atoms with van der Waals surface area (Å²) in [4.78, 5) is 17.4. The Morgan fingerprint density at radius 2 is 2.00 bits per heavy atom. The number of hydrogen-bond acceptors (Lipinski definition) is 4. The van der Waals surface area contributed by atoms with Gasteiger partial charge in [-0.2, -0.15) is 8.42 Å². The van der Waals surface area contributed by atoms with Gasteiger partial charge in [-0.15, -0.1) is 0 Å². The molecule has 0 aliphatic carbocycles. The van der Waals surface area contributed by atoms with Crippen molar-refractivity contribution in [3.63, 3.8) is 0 Å². The van der Waals surface area contributed by atoms with Gasteiger partial charge in [-0.25, -0.2) is 4.98 Å². The molecule has 106 valence electrons. The number of anilines is 1. The Balaban J connectivity index is 2.10. The third-order valence-corrected chi connectivity index (χ3v) is 3.92. The summed E-state index contributed by atoms with van der Waals surface area (Å²) in [7, 11) is -2.09. The van der Waals surface area contributed by atoms with E-state index in [9.17, 15) is 13.2 Å². The molecule has 0 fully saturated rings. The average Bonchev–Trinajstić information content (AvgIpc) is 2.95. The van der Waals surface area contributed by atoms with Crippen LogP contribution < -0.4 is 10.0 Å². The largest absolute Gasteiger partial charge is 0.359 e. The van der Waals surface area contributed by atoms with Gasteiger partial charge < -0.3 is 10.3 Å². The van der Waals surface area contributed by atoms with E-state index in [4.69, 9.17) is 0 Å². The highest BCUT2D eigenvalue weighted by molar-refractivity contribution is 7.92. The number of hydrogen-bond donors (Lipinski definition) is 3. The van der Waals surface area contributed by atoms with Gasteiger partial charge in [0.25, 0.3) is 10.0 Å². The summed E-state index contributed by atoms with van der Waals surface area (Å²) in [6.07, 6.45) is 2.77. The monoisotopic (exact) mass is 294 g/mol. The molecule has 20 heavy (non-hydrogen) atoms. The Kier molecular flexibility index (Phi) is 4.04. The highest BCUT2D eigenvalue weighted by atomic mass is 32.2. The maximum Gasteiger partial charge on any atom is 0.278 e. The van der Waals surface area contributed by atoms with E-state index in [1.807, 2.05) is 0 Å². The third kappa shape index (κ3) is 3.35. The second kappa shape index (κ2) is 5.74. The molecule has 0 aliphatic rings. The predicted molar refractivity (Wildman–Crippen MR) is 73.6 cm³/mol. The zero-order valence-corrected chi connectivity index (χ0v) is 11.6. The molecule has 7 nitrogen and oxygen atoms in total. The maximum absolute atomic E-state index is 11.9. The minimum Gasteiger partial charge on any atom is -0.359 e. The molecule has 0 spiro atoms. The van der Waals surface area contributed by atoms with Gasteiger partial charge in [0.1, 0.15) is 0 Å². The molecule has 0 unspecified atom stereocenters. The van der Waals surface area contributed by atoms with Crippen molar-refractivity contribution in [3.8, 4) is 0 Å². The maximum atomic E-state index is 11.9. The number of nitrogens with one attached hydrogen (secondary N) is 3. The number of carbonyl (C=O) groups excluding carboxylic acids is 1. The summed E-state index contributed by atoms with van der Waals surface area (Å²) < 4.78 is 26.3. The second-order valence-corrected chi connectivity index (χ2v) is 5.72. The molecule has 0 aliphatic heterocycles. The van der Waals surface area contributed by atoms with Crippen LogP contribution in [-0.2, 0) is 21.2 Å². The van der Waals surface area contributed by atoms with Crippen molar-refractivity contribution in [2.24, 2.45) is 0 Å². The van der Waals surface area contributed by atoms with Gasteiger partial charge in [0.2, 0.25) is 5.91 Å². The fraction of sp³-hybridized carbons (Fsp3) is 0.167. The topological polar surface area (TPSA) is 104 Å². The normalized spacial score (nSPS) is 11.1. The van der Waals surface area contributed by atoms with Gasteiger partial charge in [0.05, 0.1) is 18.9 Å². The first kappa shape index (κ1) is 14.1. The number of rotatable bonds is 5. The molecule has 0 bridgehead atoms.